The molecule has 1 aliphatic heterocycles. The molecule has 0 N–H and O–H groups in total. The first-order valence-electron chi connectivity index (χ1n) is 9.02. The van der Waals surface area contributed by atoms with E-state index in [0.717, 1.165) is 16.9 Å². The molecule has 27 heavy (non-hydrogen) atoms. The molecule has 1 atom stereocenters. The molecule has 8 heteroatoms. The minimum atomic E-state index is -0.319. The molecule has 0 saturated heterocycles. The molecule has 6 nitrogen and oxygen atoms in total. The summed E-state index contributed by atoms with van der Waals surface area (Å²) >= 11 is 2.73. The molecular formula is C19H24N2O4S2. The quantitative estimate of drug-likeness (QED) is 0.303. The predicted molar refractivity (Wildman–Crippen MR) is 109 cm³/mol. The molecule has 0 spiro atoms. The summed E-state index contributed by atoms with van der Waals surface area (Å²) in [5, 5.41) is 1.20. The number of thioether (sulfide) groups is 1. The summed E-state index contributed by atoms with van der Waals surface area (Å²) in [5.41, 5.74) is 0.991. The smallest absolute Gasteiger partial charge is 0.316 e. The van der Waals surface area contributed by atoms with E-state index in [9.17, 15) is 9.59 Å². The second-order valence-corrected chi connectivity index (χ2v) is 8.70. The fourth-order valence-electron chi connectivity index (χ4n) is 3.10. The molecule has 0 radical (unpaired) electrons. The lowest BCUT2D eigenvalue weighted by Gasteiger charge is -2.26. The first-order valence-corrected chi connectivity index (χ1v) is 10.8. The normalized spacial score (nSPS) is 16.5. The molecule has 2 aromatic rings. The maximum absolute atomic E-state index is 13.2. The van der Waals surface area contributed by atoms with Gasteiger partial charge in [-0.25, -0.2) is 4.98 Å². The average molecular weight is 409 g/mol. The topological polar surface area (TPSA) is 70.4 Å². The summed E-state index contributed by atoms with van der Waals surface area (Å²) < 4.78 is 12.5. The highest BCUT2D eigenvalue weighted by Gasteiger charge is 2.28. The van der Waals surface area contributed by atoms with Gasteiger partial charge in [-0.2, -0.15) is 0 Å². The summed E-state index contributed by atoms with van der Waals surface area (Å²) in [4.78, 5) is 31.4. The van der Waals surface area contributed by atoms with Gasteiger partial charge >= 0.3 is 5.97 Å². The number of ether oxygens (including phenoxy) is 2. The van der Waals surface area contributed by atoms with Crippen molar-refractivity contribution >= 4 is 39.3 Å². The van der Waals surface area contributed by atoms with E-state index in [0.29, 0.717) is 41.0 Å². The largest absolute Gasteiger partial charge is 0.465 e. The second-order valence-electron chi connectivity index (χ2n) is 6.67. The Hall–Kier alpha value is -1.64. The highest BCUT2D eigenvalue weighted by atomic mass is 32.2. The van der Waals surface area contributed by atoms with Gasteiger partial charge < -0.3 is 9.47 Å². The minimum absolute atomic E-state index is 0.0758. The van der Waals surface area contributed by atoms with Crippen molar-refractivity contribution in [2.75, 3.05) is 12.4 Å². The van der Waals surface area contributed by atoms with Crippen LogP contribution in [-0.2, 0) is 33.8 Å². The molecule has 146 valence electrons. The zero-order chi connectivity index (χ0) is 19.6. The van der Waals surface area contributed by atoms with Crippen LogP contribution in [0, 0.1) is 5.92 Å². The van der Waals surface area contributed by atoms with Crippen LogP contribution in [0.1, 0.15) is 31.2 Å². The van der Waals surface area contributed by atoms with Crippen LogP contribution >= 0.6 is 23.1 Å². The predicted octanol–water partition coefficient (Wildman–Crippen LogP) is 3.40. The van der Waals surface area contributed by atoms with Gasteiger partial charge in [0.05, 0.1) is 30.5 Å². The molecule has 3 rings (SSSR count). The van der Waals surface area contributed by atoms with E-state index in [2.05, 4.69) is 20.4 Å². The molecule has 0 unspecified atom stereocenters. The number of nitrogens with zero attached hydrogens (tertiary/aromatic N) is 2. The van der Waals surface area contributed by atoms with E-state index >= 15 is 0 Å². The lowest BCUT2D eigenvalue weighted by Crippen LogP contribution is -2.28. The maximum atomic E-state index is 13.2. The Balaban J connectivity index is 2.03. The number of hydrogen-bond acceptors (Lipinski definition) is 7. The van der Waals surface area contributed by atoms with Crippen molar-refractivity contribution in [3.63, 3.8) is 0 Å². The SMILES string of the molecule is C=CCn1c(SCC(=O)OCC)nc2sc3c(c2c1=O)C[C@H](C(C)C)OC3. The number of carbonyl (C=O) groups excluding carboxylic acids is 1. The van der Waals surface area contributed by atoms with Gasteiger partial charge in [0.1, 0.15) is 4.83 Å². The number of rotatable bonds is 7. The van der Waals surface area contributed by atoms with E-state index in [1.165, 1.54) is 23.1 Å². The number of esters is 1. The molecule has 0 aromatic carbocycles. The fourth-order valence-corrected chi connectivity index (χ4v) is 5.07. The van der Waals surface area contributed by atoms with Gasteiger partial charge in [-0.15, -0.1) is 17.9 Å². The van der Waals surface area contributed by atoms with Crippen molar-refractivity contribution in [3.8, 4) is 0 Å². The lowest BCUT2D eigenvalue weighted by atomic mass is 9.96. The molecule has 3 heterocycles. The minimum Gasteiger partial charge on any atom is -0.465 e. The zero-order valence-electron chi connectivity index (χ0n) is 15.8. The number of thiophene rings is 1. The highest BCUT2D eigenvalue weighted by Crippen LogP contribution is 2.35. The molecule has 2 aromatic heterocycles. The van der Waals surface area contributed by atoms with Gasteiger partial charge in [-0.05, 0) is 18.4 Å². The average Bonchev–Trinajstić information content (AvgIpc) is 3.00. The maximum Gasteiger partial charge on any atom is 0.316 e. The van der Waals surface area contributed by atoms with Crippen molar-refractivity contribution in [1.29, 1.82) is 0 Å². The summed E-state index contributed by atoms with van der Waals surface area (Å²) in [6.07, 6.45) is 2.51. The lowest BCUT2D eigenvalue weighted by molar-refractivity contribution is -0.139. The van der Waals surface area contributed by atoms with Crippen LogP contribution in [0.25, 0.3) is 10.2 Å². The van der Waals surface area contributed by atoms with Crippen LogP contribution < -0.4 is 5.56 Å². The summed E-state index contributed by atoms with van der Waals surface area (Å²) in [6.45, 7) is 11.0. The molecule has 1 aliphatic rings. The van der Waals surface area contributed by atoms with Gasteiger partial charge in [-0.1, -0.05) is 31.7 Å². The Labute approximate surface area is 166 Å². The van der Waals surface area contributed by atoms with Gasteiger partial charge in [0.2, 0.25) is 0 Å². The Bertz CT molecular complexity index is 917. The van der Waals surface area contributed by atoms with Crippen molar-refractivity contribution in [3.05, 3.63) is 33.4 Å². The van der Waals surface area contributed by atoms with Gasteiger partial charge in [0, 0.05) is 17.8 Å². The van der Waals surface area contributed by atoms with Crippen molar-refractivity contribution < 1.29 is 14.3 Å². The van der Waals surface area contributed by atoms with Crippen LogP contribution in [0.4, 0.5) is 0 Å². The fraction of sp³-hybridized carbons (Fsp3) is 0.526. The van der Waals surface area contributed by atoms with Gasteiger partial charge in [0.25, 0.3) is 5.56 Å². The van der Waals surface area contributed by atoms with Crippen molar-refractivity contribution in [2.24, 2.45) is 5.92 Å². The number of hydrogen-bond donors (Lipinski definition) is 0. The zero-order valence-corrected chi connectivity index (χ0v) is 17.5. The number of fused-ring (bicyclic) bond motifs is 3. The first kappa shape index (κ1) is 20.1. The van der Waals surface area contributed by atoms with E-state index in [1.807, 2.05) is 0 Å². The van der Waals surface area contributed by atoms with Crippen LogP contribution in [0.15, 0.2) is 22.6 Å². The van der Waals surface area contributed by atoms with Gasteiger partial charge in [0.15, 0.2) is 5.16 Å². The third-order valence-corrected chi connectivity index (χ3v) is 6.52. The molecule has 0 saturated carbocycles. The third kappa shape index (κ3) is 4.12. The van der Waals surface area contributed by atoms with Crippen LogP contribution in [0.3, 0.4) is 0 Å². The van der Waals surface area contributed by atoms with Crippen LogP contribution in [0.2, 0.25) is 0 Å². The van der Waals surface area contributed by atoms with E-state index in [4.69, 9.17) is 14.5 Å². The Morgan fingerprint density at radius 2 is 2.33 bits per heavy atom. The Morgan fingerprint density at radius 1 is 1.56 bits per heavy atom. The van der Waals surface area contributed by atoms with Crippen molar-refractivity contribution in [1.82, 2.24) is 9.55 Å². The second kappa shape index (κ2) is 8.58. The molecular weight excluding hydrogens is 384 g/mol. The molecule has 0 aliphatic carbocycles. The standard InChI is InChI=1S/C19H24N2O4S2/c1-5-7-21-18(23)16-12-8-13(11(3)4)25-9-14(12)27-17(16)20-19(21)26-10-15(22)24-6-2/h5,11,13H,1,6-10H2,2-4H3/t13-/m1/s1. The number of carbonyl (C=O) groups is 1. The van der Waals surface area contributed by atoms with Gasteiger partial charge in [-0.3, -0.25) is 14.2 Å². The van der Waals surface area contributed by atoms with Crippen molar-refractivity contribution in [2.45, 2.75) is 51.6 Å². The summed E-state index contributed by atoms with van der Waals surface area (Å²) in [7, 11) is 0. The molecule has 0 amide bonds. The third-order valence-electron chi connectivity index (χ3n) is 4.47. The number of aromatic nitrogens is 2. The molecule has 0 bridgehead atoms. The summed E-state index contributed by atoms with van der Waals surface area (Å²) in [5.74, 6) is 0.184. The number of allylic oxidation sites excluding steroid dienone is 1. The van der Waals surface area contributed by atoms with E-state index in [1.54, 1.807) is 17.6 Å². The summed E-state index contributed by atoms with van der Waals surface area (Å²) in [6, 6.07) is 0. The molecule has 0 fully saturated rings. The monoisotopic (exact) mass is 408 g/mol. The van der Waals surface area contributed by atoms with Crippen LogP contribution in [0.5, 0.6) is 0 Å². The van der Waals surface area contributed by atoms with Crippen LogP contribution in [-0.4, -0.2) is 34.0 Å². The first-order chi connectivity index (χ1) is 13.0. The Kier molecular flexibility index (Phi) is 6.39. The highest BCUT2D eigenvalue weighted by molar-refractivity contribution is 7.99. The van der Waals surface area contributed by atoms with E-state index < -0.39 is 0 Å². The van der Waals surface area contributed by atoms with E-state index in [-0.39, 0.29) is 23.4 Å². The Morgan fingerprint density at radius 3 is 3.00 bits per heavy atom.